The third-order valence-electron chi connectivity index (χ3n) is 4.97. The van der Waals surface area contributed by atoms with Crippen molar-refractivity contribution in [1.29, 1.82) is 0 Å². The summed E-state index contributed by atoms with van der Waals surface area (Å²) in [5.41, 5.74) is 1.62. The number of rotatable bonds is 3. The molecule has 1 heterocycles. The fourth-order valence-corrected chi connectivity index (χ4v) is 3.89. The van der Waals surface area contributed by atoms with E-state index in [4.69, 9.17) is 4.74 Å². The Morgan fingerprint density at radius 1 is 1.30 bits per heavy atom. The van der Waals surface area contributed by atoms with Gasteiger partial charge in [-0.2, -0.15) is 0 Å². The highest BCUT2D eigenvalue weighted by Gasteiger charge is 2.44. The Balaban J connectivity index is 1.94. The summed E-state index contributed by atoms with van der Waals surface area (Å²) in [6, 6.07) is 8.12. The fraction of sp³-hybridized carbons (Fsp3) is 0.588. The van der Waals surface area contributed by atoms with Gasteiger partial charge in [0.2, 0.25) is 0 Å². The van der Waals surface area contributed by atoms with E-state index in [-0.39, 0.29) is 0 Å². The van der Waals surface area contributed by atoms with Crippen LogP contribution in [0.3, 0.4) is 0 Å². The maximum absolute atomic E-state index is 12.1. The van der Waals surface area contributed by atoms with Gasteiger partial charge in [-0.05, 0) is 55.6 Å². The van der Waals surface area contributed by atoms with Gasteiger partial charge >= 0.3 is 5.97 Å². The van der Waals surface area contributed by atoms with Gasteiger partial charge in [-0.3, -0.25) is 4.79 Å². The summed E-state index contributed by atoms with van der Waals surface area (Å²) in [6.07, 6.45) is 5.53. The van der Waals surface area contributed by atoms with Gasteiger partial charge in [0.1, 0.15) is 0 Å². The molecular formula is C17H22O3. The smallest absolute Gasteiger partial charge is 0.314 e. The second kappa shape index (κ2) is 5.57. The molecule has 0 amide bonds. The molecule has 1 aliphatic heterocycles. The minimum absolute atomic E-state index is 0.478. The Bertz CT molecular complexity index is 491. The van der Waals surface area contributed by atoms with Crippen LogP contribution >= 0.6 is 0 Å². The minimum Gasteiger partial charge on any atom is -0.481 e. The summed E-state index contributed by atoms with van der Waals surface area (Å²) < 4.78 is 5.40. The molecule has 2 aliphatic rings. The average molecular weight is 274 g/mol. The topological polar surface area (TPSA) is 46.5 Å². The van der Waals surface area contributed by atoms with Crippen molar-refractivity contribution in [3.8, 4) is 0 Å². The number of fused-ring (bicyclic) bond motifs is 1. The van der Waals surface area contributed by atoms with Crippen LogP contribution in [0.1, 0.15) is 43.2 Å². The maximum Gasteiger partial charge on any atom is 0.314 e. The first-order chi connectivity index (χ1) is 9.72. The third kappa shape index (κ3) is 2.35. The molecule has 1 aromatic rings. The lowest BCUT2D eigenvalue weighted by molar-refractivity contribution is -0.145. The summed E-state index contributed by atoms with van der Waals surface area (Å²) in [5, 5.41) is 9.93. The predicted molar refractivity (Wildman–Crippen MR) is 76.9 cm³/mol. The van der Waals surface area contributed by atoms with E-state index < -0.39 is 11.4 Å². The van der Waals surface area contributed by atoms with Crippen LogP contribution in [0.25, 0.3) is 0 Å². The van der Waals surface area contributed by atoms with E-state index in [2.05, 4.69) is 6.07 Å². The molecule has 108 valence electrons. The van der Waals surface area contributed by atoms with Crippen molar-refractivity contribution in [3.63, 3.8) is 0 Å². The molecule has 20 heavy (non-hydrogen) atoms. The van der Waals surface area contributed by atoms with Crippen molar-refractivity contribution in [2.45, 2.75) is 43.9 Å². The third-order valence-corrected chi connectivity index (χ3v) is 4.97. The van der Waals surface area contributed by atoms with E-state index >= 15 is 0 Å². The molecule has 0 bridgehead atoms. The van der Waals surface area contributed by atoms with Crippen molar-refractivity contribution in [3.05, 3.63) is 35.4 Å². The summed E-state index contributed by atoms with van der Waals surface area (Å²) in [6.45, 7) is 1.56. The zero-order valence-corrected chi connectivity index (χ0v) is 11.8. The summed E-state index contributed by atoms with van der Waals surface area (Å²) in [4.78, 5) is 12.1. The number of aryl methyl sites for hydroxylation is 1. The second-order valence-electron chi connectivity index (χ2n) is 6.16. The van der Waals surface area contributed by atoms with Gasteiger partial charge in [0.15, 0.2) is 0 Å². The first-order valence-corrected chi connectivity index (χ1v) is 7.62. The van der Waals surface area contributed by atoms with Crippen LogP contribution in [0.15, 0.2) is 24.3 Å². The zero-order valence-electron chi connectivity index (χ0n) is 11.8. The summed E-state index contributed by atoms with van der Waals surface area (Å²) in [5.74, 6) is -0.165. The number of carboxylic acids is 1. The number of carboxylic acid groups (broad SMARTS) is 1. The molecule has 1 fully saturated rings. The Morgan fingerprint density at radius 3 is 2.80 bits per heavy atom. The number of hydrogen-bond acceptors (Lipinski definition) is 2. The highest BCUT2D eigenvalue weighted by atomic mass is 16.5. The number of ether oxygens (including phenoxy) is 1. The average Bonchev–Trinajstić information content (AvgIpc) is 2.48. The first kappa shape index (κ1) is 13.6. The lowest BCUT2D eigenvalue weighted by Crippen LogP contribution is -2.41. The van der Waals surface area contributed by atoms with Crippen molar-refractivity contribution in [2.24, 2.45) is 5.92 Å². The molecule has 3 nitrogen and oxygen atoms in total. The largest absolute Gasteiger partial charge is 0.481 e. The van der Waals surface area contributed by atoms with Gasteiger partial charge in [0.05, 0.1) is 5.41 Å². The SMILES string of the molecule is O=C(O)C1(CC2CCOCC2)CCCc2ccccc21. The van der Waals surface area contributed by atoms with E-state index in [1.165, 1.54) is 5.56 Å². The summed E-state index contributed by atoms with van der Waals surface area (Å²) >= 11 is 0. The van der Waals surface area contributed by atoms with E-state index in [0.717, 1.165) is 57.3 Å². The highest BCUT2D eigenvalue weighted by molar-refractivity contribution is 5.82. The van der Waals surface area contributed by atoms with Crippen LogP contribution in [0.2, 0.25) is 0 Å². The molecule has 1 saturated heterocycles. The van der Waals surface area contributed by atoms with Crippen LogP contribution in [-0.2, 0) is 21.4 Å². The molecule has 0 radical (unpaired) electrons. The molecule has 0 saturated carbocycles. The minimum atomic E-state index is -0.670. The van der Waals surface area contributed by atoms with Crippen LogP contribution in [-0.4, -0.2) is 24.3 Å². The molecule has 1 aliphatic carbocycles. The molecular weight excluding hydrogens is 252 g/mol. The van der Waals surface area contributed by atoms with Gasteiger partial charge in [-0.1, -0.05) is 24.3 Å². The van der Waals surface area contributed by atoms with Gasteiger partial charge in [-0.25, -0.2) is 0 Å². The van der Waals surface area contributed by atoms with Gasteiger partial charge in [0.25, 0.3) is 0 Å². The first-order valence-electron chi connectivity index (χ1n) is 7.62. The Morgan fingerprint density at radius 2 is 2.05 bits per heavy atom. The molecule has 1 atom stereocenters. The van der Waals surface area contributed by atoms with Crippen LogP contribution in [0.5, 0.6) is 0 Å². The number of aliphatic carboxylic acids is 1. The van der Waals surface area contributed by atoms with Crippen LogP contribution in [0.4, 0.5) is 0 Å². The number of carbonyl (C=O) groups is 1. The maximum atomic E-state index is 12.1. The Labute approximate surface area is 120 Å². The van der Waals surface area contributed by atoms with E-state index in [9.17, 15) is 9.90 Å². The molecule has 0 spiro atoms. The van der Waals surface area contributed by atoms with Crippen molar-refractivity contribution in [1.82, 2.24) is 0 Å². The monoisotopic (exact) mass is 274 g/mol. The Kier molecular flexibility index (Phi) is 3.79. The molecule has 1 aromatic carbocycles. The number of hydrogen-bond donors (Lipinski definition) is 1. The van der Waals surface area contributed by atoms with Crippen molar-refractivity contribution < 1.29 is 14.6 Å². The normalized spacial score (nSPS) is 27.0. The van der Waals surface area contributed by atoms with Gasteiger partial charge in [0, 0.05) is 13.2 Å². The molecule has 1 unspecified atom stereocenters. The predicted octanol–water partition coefficient (Wildman–Crippen LogP) is 3.16. The molecule has 0 aromatic heterocycles. The molecule has 1 N–H and O–H groups in total. The summed E-state index contributed by atoms with van der Waals surface area (Å²) in [7, 11) is 0. The van der Waals surface area contributed by atoms with Crippen LogP contribution < -0.4 is 0 Å². The van der Waals surface area contributed by atoms with Crippen LogP contribution in [0, 0.1) is 5.92 Å². The lowest BCUT2D eigenvalue weighted by Gasteiger charge is -2.39. The zero-order chi connectivity index (χ0) is 14.0. The second-order valence-corrected chi connectivity index (χ2v) is 6.16. The quantitative estimate of drug-likeness (QED) is 0.921. The van der Waals surface area contributed by atoms with Gasteiger partial charge < -0.3 is 9.84 Å². The van der Waals surface area contributed by atoms with E-state index in [1.54, 1.807) is 0 Å². The Hall–Kier alpha value is -1.35. The van der Waals surface area contributed by atoms with Crippen molar-refractivity contribution in [2.75, 3.05) is 13.2 Å². The fourth-order valence-electron chi connectivity index (χ4n) is 3.89. The molecule has 3 rings (SSSR count). The van der Waals surface area contributed by atoms with Gasteiger partial charge in [-0.15, -0.1) is 0 Å². The standard InChI is InChI=1S/C17H22O3/c18-16(19)17(12-13-7-10-20-11-8-13)9-3-5-14-4-1-2-6-15(14)17/h1-2,4,6,13H,3,5,7-12H2,(H,18,19). The molecule has 3 heteroatoms. The van der Waals surface area contributed by atoms with Crippen molar-refractivity contribution >= 4 is 5.97 Å². The highest BCUT2D eigenvalue weighted by Crippen LogP contribution is 2.43. The number of benzene rings is 1. The van der Waals surface area contributed by atoms with E-state index in [1.807, 2.05) is 18.2 Å². The lowest BCUT2D eigenvalue weighted by atomic mass is 9.65. The van der Waals surface area contributed by atoms with E-state index in [0.29, 0.717) is 5.92 Å².